The second-order valence-corrected chi connectivity index (χ2v) is 7.00. The number of β-amino-alcohol motifs (C(OH)–C–C–N with tert-alkyl or cyclic N) is 1. The van der Waals surface area contributed by atoms with Gasteiger partial charge in [-0.1, -0.05) is 30.3 Å². The molecule has 2 N–H and O–H groups in total. The van der Waals surface area contributed by atoms with Crippen molar-refractivity contribution in [2.75, 3.05) is 18.4 Å². The number of benzene rings is 2. The number of ether oxygens (including phenoxy) is 1. The van der Waals surface area contributed by atoms with E-state index in [1.54, 1.807) is 0 Å². The van der Waals surface area contributed by atoms with Crippen molar-refractivity contribution in [1.82, 2.24) is 4.90 Å². The van der Waals surface area contributed by atoms with E-state index in [0.717, 1.165) is 24.3 Å². The minimum atomic E-state index is -0.451. The lowest BCUT2D eigenvalue weighted by Gasteiger charge is -2.18. The van der Waals surface area contributed by atoms with E-state index in [1.165, 1.54) is 0 Å². The normalized spacial score (nSPS) is 20.5. The fourth-order valence-corrected chi connectivity index (χ4v) is 3.19. The predicted octanol–water partition coefficient (Wildman–Crippen LogP) is 2.91. The topological polar surface area (TPSA) is 61.8 Å². The molecule has 1 heterocycles. The van der Waals surface area contributed by atoms with Gasteiger partial charge in [-0.15, -0.1) is 0 Å². The first-order chi connectivity index (χ1) is 12.5. The average Bonchev–Trinajstić information content (AvgIpc) is 2.95. The van der Waals surface area contributed by atoms with Crippen LogP contribution >= 0.6 is 0 Å². The zero-order valence-electron chi connectivity index (χ0n) is 15.3. The number of anilines is 1. The van der Waals surface area contributed by atoms with E-state index in [0.29, 0.717) is 12.1 Å². The SMILES string of the molecule is CC(C)O[C@H]1CN(Cc2ccc(C(=O)Nc3ccccc3)cc2)C[C@@H]1O. The molecule has 0 radical (unpaired) electrons. The van der Waals surface area contributed by atoms with Crippen LogP contribution in [0, 0.1) is 0 Å². The van der Waals surface area contributed by atoms with E-state index in [1.807, 2.05) is 68.4 Å². The van der Waals surface area contributed by atoms with Crippen molar-refractivity contribution in [1.29, 1.82) is 0 Å². The molecule has 1 aliphatic heterocycles. The van der Waals surface area contributed by atoms with Crippen molar-refractivity contribution in [3.63, 3.8) is 0 Å². The number of rotatable bonds is 6. The molecule has 2 aromatic carbocycles. The first kappa shape index (κ1) is 18.6. The maximum atomic E-state index is 12.3. The number of carbonyl (C=O) groups excluding carboxylic acids is 1. The smallest absolute Gasteiger partial charge is 0.255 e. The Balaban J connectivity index is 1.55. The molecule has 0 spiro atoms. The third-order valence-electron chi connectivity index (χ3n) is 4.41. The summed E-state index contributed by atoms with van der Waals surface area (Å²) in [5, 5.41) is 13.0. The molecular weight excluding hydrogens is 328 g/mol. The molecule has 0 aliphatic carbocycles. The van der Waals surface area contributed by atoms with Gasteiger partial charge in [0.2, 0.25) is 0 Å². The molecule has 1 aliphatic rings. The van der Waals surface area contributed by atoms with Crippen LogP contribution in [-0.2, 0) is 11.3 Å². The Labute approximate surface area is 154 Å². The van der Waals surface area contributed by atoms with E-state index in [-0.39, 0.29) is 18.1 Å². The van der Waals surface area contributed by atoms with E-state index in [2.05, 4.69) is 10.2 Å². The van der Waals surface area contributed by atoms with Gasteiger partial charge in [0.15, 0.2) is 0 Å². The highest BCUT2D eigenvalue weighted by molar-refractivity contribution is 6.04. The third-order valence-corrected chi connectivity index (χ3v) is 4.41. The van der Waals surface area contributed by atoms with Crippen LogP contribution in [0.25, 0.3) is 0 Å². The zero-order chi connectivity index (χ0) is 18.5. The predicted molar refractivity (Wildman–Crippen MR) is 102 cm³/mol. The summed E-state index contributed by atoms with van der Waals surface area (Å²) in [7, 11) is 0. The molecule has 1 fully saturated rings. The van der Waals surface area contributed by atoms with Gasteiger partial charge in [0.1, 0.15) is 0 Å². The molecule has 1 amide bonds. The van der Waals surface area contributed by atoms with Crippen molar-refractivity contribution in [2.24, 2.45) is 0 Å². The van der Waals surface area contributed by atoms with Gasteiger partial charge in [-0.2, -0.15) is 0 Å². The van der Waals surface area contributed by atoms with Crippen molar-refractivity contribution < 1.29 is 14.6 Å². The van der Waals surface area contributed by atoms with Crippen LogP contribution in [0.5, 0.6) is 0 Å². The fourth-order valence-electron chi connectivity index (χ4n) is 3.19. The molecule has 5 nitrogen and oxygen atoms in total. The highest BCUT2D eigenvalue weighted by atomic mass is 16.5. The minimum Gasteiger partial charge on any atom is -0.389 e. The van der Waals surface area contributed by atoms with Crippen molar-refractivity contribution in [3.05, 3.63) is 65.7 Å². The molecule has 2 aromatic rings. The van der Waals surface area contributed by atoms with Crippen LogP contribution < -0.4 is 5.32 Å². The number of aliphatic hydroxyl groups excluding tert-OH is 1. The number of nitrogens with zero attached hydrogens (tertiary/aromatic N) is 1. The summed E-state index contributed by atoms with van der Waals surface area (Å²) < 4.78 is 5.75. The number of aliphatic hydroxyl groups is 1. The van der Waals surface area contributed by atoms with Gasteiger partial charge in [0, 0.05) is 30.9 Å². The van der Waals surface area contributed by atoms with E-state index in [9.17, 15) is 9.90 Å². The van der Waals surface area contributed by atoms with Gasteiger partial charge in [-0.05, 0) is 43.7 Å². The molecule has 3 rings (SSSR count). The van der Waals surface area contributed by atoms with Gasteiger partial charge in [0.05, 0.1) is 18.3 Å². The molecule has 0 saturated carbocycles. The number of hydrogen-bond acceptors (Lipinski definition) is 4. The highest BCUT2D eigenvalue weighted by Crippen LogP contribution is 2.18. The number of likely N-dealkylation sites (tertiary alicyclic amines) is 1. The summed E-state index contributed by atoms with van der Waals surface area (Å²) in [5.41, 5.74) is 2.52. The lowest BCUT2D eigenvalue weighted by atomic mass is 10.1. The number of hydrogen-bond donors (Lipinski definition) is 2. The summed E-state index contributed by atoms with van der Waals surface area (Å²) in [5.74, 6) is -0.121. The van der Waals surface area contributed by atoms with Crippen molar-refractivity contribution >= 4 is 11.6 Å². The van der Waals surface area contributed by atoms with Crippen LogP contribution in [0.3, 0.4) is 0 Å². The summed E-state index contributed by atoms with van der Waals surface area (Å²) in [6.45, 7) is 6.02. The Morgan fingerprint density at radius 3 is 2.50 bits per heavy atom. The quantitative estimate of drug-likeness (QED) is 0.837. The van der Waals surface area contributed by atoms with E-state index in [4.69, 9.17) is 4.74 Å². The van der Waals surface area contributed by atoms with Gasteiger partial charge in [-0.25, -0.2) is 0 Å². The molecule has 26 heavy (non-hydrogen) atoms. The number of carbonyl (C=O) groups is 1. The first-order valence-corrected chi connectivity index (χ1v) is 9.02. The van der Waals surface area contributed by atoms with Gasteiger partial charge in [0.25, 0.3) is 5.91 Å². The van der Waals surface area contributed by atoms with Crippen molar-refractivity contribution in [3.8, 4) is 0 Å². The van der Waals surface area contributed by atoms with Crippen LogP contribution in [0.1, 0.15) is 29.8 Å². The Morgan fingerprint density at radius 1 is 1.15 bits per heavy atom. The highest BCUT2D eigenvalue weighted by Gasteiger charge is 2.32. The van der Waals surface area contributed by atoms with Crippen molar-refractivity contribution in [2.45, 2.75) is 38.7 Å². The molecule has 0 bridgehead atoms. The fraction of sp³-hybridized carbons (Fsp3) is 0.381. The second kappa shape index (κ2) is 8.45. The minimum absolute atomic E-state index is 0.108. The Kier molecular flexibility index (Phi) is 6.04. The van der Waals surface area contributed by atoms with E-state index >= 15 is 0 Å². The molecular formula is C21H26N2O3. The number of para-hydroxylation sites is 1. The molecule has 5 heteroatoms. The lowest BCUT2D eigenvalue weighted by Crippen LogP contribution is -2.29. The Bertz CT molecular complexity index is 716. The summed E-state index contributed by atoms with van der Waals surface area (Å²) in [6, 6.07) is 17.0. The number of nitrogens with one attached hydrogen (secondary N) is 1. The van der Waals surface area contributed by atoms with Crippen LogP contribution in [0.2, 0.25) is 0 Å². The van der Waals surface area contributed by atoms with Crippen LogP contribution in [0.15, 0.2) is 54.6 Å². The largest absolute Gasteiger partial charge is 0.389 e. The Morgan fingerprint density at radius 2 is 1.85 bits per heavy atom. The summed E-state index contributed by atoms with van der Waals surface area (Å²) in [6.07, 6.45) is -0.476. The summed E-state index contributed by atoms with van der Waals surface area (Å²) in [4.78, 5) is 14.5. The molecule has 138 valence electrons. The summed E-state index contributed by atoms with van der Waals surface area (Å²) >= 11 is 0. The molecule has 0 unspecified atom stereocenters. The zero-order valence-corrected chi connectivity index (χ0v) is 15.3. The van der Waals surface area contributed by atoms with Crippen LogP contribution in [-0.4, -0.2) is 47.3 Å². The maximum Gasteiger partial charge on any atom is 0.255 e. The van der Waals surface area contributed by atoms with E-state index < -0.39 is 6.10 Å². The molecule has 1 saturated heterocycles. The molecule has 0 aromatic heterocycles. The van der Waals surface area contributed by atoms with Gasteiger partial charge in [-0.3, -0.25) is 9.69 Å². The first-order valence-electron chi connectivity index (χ1n) is 9.02. The maximum absolute atomic E-state index is 12.3. The van der Waals surface area contributed by atoms with Gasteiger partial charge >= 0.3 is 0 Å². The third kappa shape index (κ3) is 4.91. The second-order valence-electron chi connectivity index (χ2n) is 7.00. The van der Waals surface area contributed by atoms with Crippen LogP contribution in [0.4, 0.5) is 5.69 Å². The monoisotopic (exact) mass is 354 g/mol. The average molecular weight is 354 g/mol. The standard InChI is InChI=1S/C21H26N2O3/c1-15(2)26-20-14-23(13-19(20)24)12-16-8-10-17(11-9-16)21(25)22-18-6-4-3-5-7-18/h3-11,15,19-20,24H,12-14H2,1-2H3,(H,22,25)/t19-,20-/m0/s1. The molecule has 2 atom stereocenters. The van der Waals surface area contributed by atoms with Gasteiger partial charge < -0.3 is 15.2 Å². The lowest BCUT2D eigenvalue weighted by molar-refractivity contribution is -0.0396. The number of amides is 1. The Hall–Kier alpha value is -2.21.